The number of ether oxygens (including phenoxy) is 6. The van der Waals surface area contributed by atoms with Crippen LogP contribution in [0.2, 0.25) is 0 Å². The van der Waals surface area contributed by atoms with Gasteiger partial charge in [-0.3, -0.25) is 33.7 Å². The maximum Gasteiger partial charge on any atom is 0.350 e. The predicted molar refractivity (Wildman–Crippen MR) is 195 cm³/mol. The molecule has 300 valence electrons. The van der Waals surface area contributed by atoms with Crippen molar-refractivity contribution in [1.82, 2.24) is 4.90 Å². The molecular formula is C41H53NO13. The predicted octanol–water partition coefficient (Wildman–Crippen LogP) is 4.39. The van der Waals surface area contributed by atoms with Gasteiger partial charge in [-0.15, -0.1) is 0 Å². The summed E-state index contributed by atoms with van der Waals surface area (Å²) in [7, 11) is 3.45. The van der Waals surface area contributed by atoms with Gasteiger partial charge in [-0.2, -0.15) is 0 Å². The van der Waals surface area contributed by atoms with Crippen molar-refractivity contribution in [3.05, 3.63) is 59.2 Å². The Morgan fingerprint density at radius 3 is 1.85 bits per heavy atom. The molecule has 14 nitrogen and oxygen atoms in total. The van der Waals surface area contributed by atoms with E-state index >= 15 is 4.79 Å². The highest BCUT2D eigenvalue weighted by molar-refractivity contribution is 6.03. The van der Waals surface area contributed by atoms with Crippen molar-refractivity contribution in [2.75, 3.05) is 14.1 Å². The smallest absolute Gasteiger partial charge is 0.350 e. The van der Waals surface area contributed by atoms with E-state index in [9.17, 15) is 28.8 Å². The van der Waals surface area contributed by atoms with Crippen LogP contribution in [-0.2, 0) is 62.0 Å². The number of esters is 6. The summed E-state index contributed by atoms with van der Waals surface area (Å²) in [6.45, 7) is 17.2. The van der Waals surface area contributed by atoms with E-state index in [1.807, 2.05) is 6.07 Å². The number of carbonyl (C=O) groups excluding carboxylic acids is 7. The van der Waals surface area contributed by atoms with Crippen LogP contribution < -0.4 is 0 Å². The number of benzene rings is 1. The molecule has 0 aromatic heterocycles. The molecule has 3 aliphatic rings. The highest BCUT2D eigenvalue weighted by Crippen LogP contribution is 2.60. The van der Waals surface area contributed by atoms with Crippen molar-refractivity contribution < 1.29 is 62.0 Å². The fourth-order valence-electron chi connectivity index (χ4n) is 9.05. The summed E-state index contributed by atoms with van der Waals surface area (Å²) in [5.41, 5.74) is -1.07. The zero-order valence-corrected chi connectivity index (χ0v) is 33.5. The average molecular weight is 768 g/mol. The van der Waals surface area contributed by atoms with Crippen molar-refractivity contribution in [1.29, 1.82) is 0 Å². The van der Waals surface area contributed by atoms with Crippen LogP contribution in [0.1, 0.15) is 86.8 Å². The van der Waals surface area contributed by atoms with E-state index in [-0.39, 0.29) is 18.4 Å². The zero-order valence-electron chi connectivity index (χ0n) is 33.5. The third-order valence-corrected chi connectivity index (χ3v) is 11.3. The Bertz CT molecular complexity index is 1760. The summed E-state index contributed by atoms with van der Waals surface area (Å²) in [5, 5.41) is 0. The number of nitrogens with zero attached hydrogens (tertiary/aromatic N) is 1. The molecule has 0 saturated heterocycles. The molecule has 2 bridgehead atoms. The van der Waals surface area contributed by atoms with Gasteiger partial charge in [0.15, 0.2) is 12.2 Å². The number of carbonyl (C=O) groups is 7. The summed E-state index contributed by atoms with van der Waals surface area (Å²) < 4.78 is 35.3. The first-order chi connectivity index (χ1) is 25.5. The molecule has 0 N–H and O–H groups in total. The Morgan fingerprint density at radius 1 is 0.782 bits per heavy atom. The molecule has 55 heavy (non-hydrogen) atoms. The van der Waals surface area contributed by atoms with Gasteiger partial charge in [0.25, 0.3) is 0 Å². The standard InChI is InChI=1S/C41H53NO13/c1-20-28-18-29-36(52-24(5)45)35(51-23(4)44)21(2)32(40(29,8)9)34(48)38(54-26(7)47)41(28,10)31(50-22(3)43)19-30(20)55-39(49)37(53-25(6)46)33(42(11)12)27-16-14-13-15-17-27/h13-17,28-31,33,35-38H,1,18-19H2,2-12H3/t28-,29+,30-,31+,33+,35-,36-,37+,38-,41+/m1/s1. The Morgan fingerprint density at radius 2 is 1.35 bits per heavy atom. The quantitative estimate of drug-likeness (QED) is 0.186. The number of hydrogen-bond acceptors (Lipinski definition) is 14. The van der Waals surface area contributed by atoms with Crippen molar-refractivity contribution >= 4 is 41.6 Å². The Labute approximate surface area is 321 Å². The van der Waals surface area contributed by atoms with Gasteiger partial charge in [0.2, 0.25) is 11.9 Å². The van der Waals surface area contributed by atoms with E-state index in [0.717, 1.165) is 6.92 Å². The van der Waals surface area contributed by atoms with Crippen LogP contribution in [-0.4, -0.2) is 97.2 Å². The van der Waals surface area contributed by atoms with Gasteiger partial charge in [0.05, 0.1) is 11.5 Å². The molecule has 3 aliphatic carbocycles. The van der Waals surface area contributed by atoms with Crippen LogP contribution in [0.3, 0.4) is 0 Å². The van der Waals surface area contributed by atoms with Gasteiger partial charge in [0, 0.05) is 52.5 Å². The van der Waals surface area contributed by atoms with Gasteiger partial charge in [-0.1, -0.05) is 57.7 Å². The summed E-state index contributed by atoms with van der Waals surface area (Å²) in [6.07, 6.45) is -7.73. The van der Waals surface area contributed by atoms with Crippen LogP contribution in [0.5, 0.6) is 0 Å². The minimum atomic E-state index is -1.55. The molecule has 0 heterocycles. The minimum Gasteiger partial charge on any atom is -0.462 e. The number of likely N-dealkylation sites (N-methyl/N-ethyl adjacent to an activating group) is 1. The molecule has 0 aliphatic heterocycles. The number of fused-ring (bicyclic) bond motifs is 3. The maximum absolute atomic E-state index is 15.1. The highest BCUT2D eigenvalue weighted by atomic mass is 16.6. The van der Waals surface area contributed by atoms with E-state index in [1.54, 1.807) is 71.0 Å². The van der Waals surface area contributed by atoms with E-state index in [2.05, 4.69) is 6.58 Å². The summed E-state index contributed by atoms with van der Waals surface area (Å²) in [5.74, 6) is -6.71. The van der Waals surface area contributed by atoms with E-state index in [1.165, 1.54) is 27.7 Å². The van der Waals surface area contributed by atoms with Crippen LogP contribution in [0.25, 0.3) is 0 Å². The summed E-state index contributed by atoms with van der Waals surface area (Å²) in [6, 6.07) is 8.19. The number of rotatable bonds is 10. The van der Waals surface area contributed by atoms with Crippen LogP contribution in [0.15, 0.2) is 53.6 Å². The lowest BCUT2D eigenvalue weighted by Crippen LogP contribution is -2.65. The van der Waals surface area contributed by atoms with Gasteiger partial charge >= 0.3 is 35.8 Å². The van der Waals surface area contributed by atoms with Crippen molar-refractivity contribution in [2.45, 2.75) is 118 Å². The summed E-state index contributed by atoms with van der Waals surface area (Å²) >= 11 is 0. The normalized spacial score (nSPS) is 29.7. The van der Waals surface area contributed by atoms with Crippen molar-refractivity contribution in [3.8, 4) is 0 Å². The number of ketones is 1. The fraction of sp³-hybridized carbons (Fsp3) is 0.585. The van der Waals surface area contributed by atoms with Gasteiger partial charge in [-0.05, 0) is 55.5 Å². The van der Waals surface area contributed by atoms with E-state index < -0.39 is 107 Å². The van der Waals surface area contributed by atoms with Gasteiger partial charge < -0.3 is 28.4 Å². The monoisotopic (exact) mass is 767 g/mol. The van der Waals surface area contributed by atoms with Gasteiger partial charge in [0.1, 0.15) is 18.3 Å². The highest BCUT2D eigenvalue weighted by Gasteiger charge is 2.65. The molecule has 1 aromatic carbocycles. The molecule has 2 fully saturated rings. The lowest BCUT2D eigenvalue weighted by molar-refractivity contribution is -0.202. The third-order valence-electron chi connectivity index (χ3n) is 11.3. The Balaban J connectivity index is 1.93. The van der Waals surface area contributed by atoms with E-state index in [0.29, 0.717) is 16.7 Å². The van der Waals surface area contributed by atoms with Crippen molar-refractivity contribution in [3.63, 3.8) is 0 Å². The molecule has 0 amide bonds. The first-order valence-electron chi connectivity index (χ1n) is 18.3. The van der Waals surface area contributed by atoms with Crippen molar-refractivity contribution in [2.24, 2.45) is 22.7 Å². The lowest BCUT2D eigenvalue weighted by atomic mass is 9.49. The molecule has 2 saturated carbocycles. The number of hydrogen-bond donors (Lipinski definition) is 0. The first kappa shape index (κ1) is 42.9. The molecule has 10 atom stereocenters. The van der Waals surface area contributed by atoms with Crippen LogP contribution >= 0.6 is 0 Å². The molecule has 0 unspecified atom stereocenters. The minimum absolute atomic E-state index is 0.0589. The van der Waals surface area contributed by atoms with Crippen LogP contribution in [0.4, 0.5) is 0 Å². The Hall–Kier alpha value is -4.85. The molecular weight excluding hydrogens is 714 g/mol. The summed E-state index contributed by atoms with van der Waals surface area (Å²) in [4.78, 5) is 94.2. The maximum atomic E-state index is 15.1. The van der Waals surface area contributed by atoms with Crippen LogP contribution in [0, 0.1) is 22.7 Å². The first-order valence-corrected chi connectivity index (χ1v) is 18.3. The Kier molecular flexibility index (Phi) is 12.9. The average Bonchev–Trinajstić information content (AvgIpc) is 3.05. The molecule has 4 rings (SSSR count). The second-order valence-corrected chi connectivity index (χ2v) is 15.7. The largest absolute Gasteiger partial charge is 0.462 e. The van der Waals surface area contributed by atoms with E-state index in [4.69, 9.17) is 28.4 Å². The third kappa shape index (κ3) is 8.53. The molecule has 0 spiro atoms. The fourth-order valence-corrected chi connectivity index (χ4v) is 9.05. The lowest BCUT2D eigenvalue weighted by Gasteiger charge is -2.58. The molecule has 0 radical (unpaired) electrons. The molecule has 14 heteroatoms. The van der Waals surface area contributed by atoms with Gasteiger partial charge in [-0.25, -0.2) is 4.79 Å². The SMILES string of the molecule is C=C1[C@H]2C[C@H]3[C@@H](OC(C)=O)[C@H](OC(C)=O)C(C)=C(C(=O)[C@@H](OC(C)=O)[C@]2(C)[C@@H](OC(C)=O)C[C@H]1OC(=O)[C@@H](OC(C)=O)[C@H](c1ccccc1)N(C)C)C3(C)C. The zero-order chi connectivity index (χ0) is 41.3. The molecule has 1 aromatic rings. The second kappa shape index (κ2) is 16.5. The second-order valence-electron chi connectivity index (χ2n) is 15.7. The topological polar surface area (TPSA) is 178 Å². The number of Topliss-reactive ketones (excluding diaryl/α,β-unsaturated/α-hetero) is 1.